The number of hydrogen-bond acceptors (Lipinski definition) is 3. The van der Waals surface area contributed by atoms with Crippen LogP contribution in [-0.4, -0.2) is 19.5 Å². The molecule has 0 unspecified atom stereocenters. The minimum Gasteiger partial charge on any atom is -0.346 e. The molecule has 0 aliphatic heterocycles. The Morgan fingerprint density at radius 1 is 1.36 bits per heavy atom. The quantitative estimate of drug-likeness (QED) is 0.782. The van der Waals surface area contributed by atoms with E-state index >= 15 is 0 Å². The summed E-state index contributed by atoms with van der Waals surface area (Å²) in [7, 11) is 0. The highest BCUT2D eigenvalue weighted by Crippen LogP contribution is 2.37. The van der Waals surface area contributed by atoms with Crippen LogP contribution in [0.1, 0.15) is 44.0 Å². The third-order valence-corrected chi connectivity index (χ3v) is 4.87. The fraction of sp³-hybridized carbons (Fsp3) is 0.412. The molecule has 0 amide bonds. The van der Waals surface area contributed by atoms with Gasteiger partial charge < -0.3 is 9.55 Å². The van der Waals surface area contributed by atoms with E-state index in [0.717, 1.165) is 53.6 Å². The largest absolute Gasteiger partial charge is 0.346 e. The van der Waals surface area contributed by atoms with Crippen LogP contribution in [-0.2, 0) is 0 Å². The van der Waals surface area contributed by atoms with Gasteiger partial charge >= 0.3 is 0 Å². The highest BCUT2D eigenvalue weighted by molar-refractivity contribution is 6.01. The smallest absolute Gasteiger partial charge is 0.139 e. The van der Waals surface area contributed by atoms with Gasteiger partial charge in [-0.3, -0.25) is 0 Å². The number of pyridine rings is 1. The Labute approximate surface area is 129 Å². The number of H-pyrrole nitrogens is 1. The molecule has 0 spiro atoms. The average molecular weight is 292 g/mol. The first-order valence-corrected chi connectivity index (χ1v) is 7.81. The van der Waals surface area contributed by atoms with Crippen molar-refractivity contribution in [3.05, 3.63) is 31.2 Å². The second kappa shape index (κ2) is 5.13. The molecule has 4 rings (SSSR count). The molecule has 0 atom stereocenters. The van der Waals surface area contributed by atoms with Crippen molar-refractivity contribution in [3.8, 4) is 6.07 Å². The van der Waals surface area contributed by atoms with Crippen LogP contribution in [0.5, 0.6) is 0 Å². The fourth-order valence-corrected chi connectivity index (χ4v) is 3.77. The van der Waals surface area contributed by atoms with Gasteiger partial charge in [0, 0.05) is 31.0 Å². The minimum atomic E-state index is 0.424. The van der Waals surface area contributed by atoms with E-state index in [1.807, 2.05) is 12.4 Å². The summed E-state index contributed by atoms with van der Waals surface area (Å²) in [5, 5.41) is 9.97. The normalized spacial score (nSPS) is 22.2. The van der Waals surface area contributed by atoms with Gasteiger partial charge in [0.05, 0.1) is 17.8 Å². The van der Waals surface area contributed by atoms with Crippen molar-refractivity contribution >= 4 is 22.1 Å². The summed E-state index contributed by atoms with van der Waals surface area (Å²) in [5.74, 6) is 1.37. The van der Waals surface area contributed by atoms with Crippen molar-refractivity contribution < 1.29 is 0 Å². The number of nitriles is 1. The Bertz CT molecular complexity index is 858. The SMILES string of the molecule is [CH2]c1nc2cnc3[nH]ccc3c2n1[C@H]1CC[C@H](CC#N)CC1. The van der Waals surface area contributed by atoms with Crippen LogP contribution < -0.4 is 0 Å². The Morgan fingerprint density at radius 3 is 2.95 bits per heavy atom. The van der Waals surface area contributed by atoms with Crippen LogP contribution >= 0.6 is 0 Å². The third-order valence-electron chi connectivity index (χ3n) is 4.87. The van der Waals surface area contributed by atoms with Crippen LogP contribution in [0.15, 0.2) is 18.5 Å². The summed E-state index contributed by atoms with van der Waals surface area (Å²) in [6.07, 6.45) is 8.82. The van der Waals surface area contributed by atoms with Crippen molar-refractivity contribution in [1.29, 1.82) is 5.26 Å². The van der Waals surface area contributed by atoms with E-state index in [0.29, 0.717) is 18.4 Å². The van der Waals surface area contributed by atoms with Gasteiger partial charge in [-0.05, 0) is 37.7 Å². The predicted octanol–water partition coefficient (Wildman–Crippen LogP) is 3.74. The van der Waals surface area contributed by atoms with Gasteiger partial charge in [0.1, 0.15) is 17.0 Å². The molecule has 0 bridgehead atoms. The zero-order valence-electron chi connectivity index (χ0n) is 12.4. The first kappa shape index (κ1) is 13.3. The fourth-order valence-electron chi connectivity index (χ4n) is 3.77. The Hall–Kier alpha value is -2.35. The number of nitrogens with one attached hydrogen (secondary N) is 1. The molecule has 0 aromatic carbocycles. The molecule has 3 heterocycles. The summed E-state index contributed by atoms with van der Waals surface area (Å²) in [5.41, 5.74) is 2.95. The van der Waals surface area contributed by atoms with Crippen molar-refractivity contribution in [3.63, 3.8) is 0 Å². The third kappa shape index (κ3) is 1.98. The second-order valence-corrected chi connectivity index (χ2v) is 6.17. The van der Waals surface area contributed by atoms with E-state index < -0.39 is 0 Å². The van der Waals surface area contributed by atoms with Crippen molar-refractivity contribution in [2.24, 2.45) is 5.92 Å². The van der Waals surface area contributed by atoms with Gasteiger partial charge in [0.2, 0.25) is 0 Å². The van der Waals surface area contributed by atoms with Crippen LogP contribution in [0.3, 0.4) is 0 Å². The Kier molecular flexibility index (Phi) is 3.11. The van der Waals surface area contributed by atoms with E-state index in [9.17, 15) is 0 Å². The summed E-state index contributed by atoms with van der Waals surface area (Å²) in [6, 6.07) is 4.79. The maximum absolute atomic E-state index is 8.86. The molecule has 0 saturated heterocycles. The number of imidazole rings is 1. The van der Waals surface area contributed by atoms with Gasteiger partial charge in [0.15, 0.2) is 0 Å². The molecule has 1 saturated carbocycles. The lowest BCUT2D eigenvalue weighted by Crippen LogP contribution is -2.19. The van der Waals surface area contributed by atoms with Gasteiger partial charge in [0.25, 0.3) is 0 Å². The van der Waals surface area contributed by atoms with Crippen molar-refractivity contribution in [1.82, 2.24) is 19.5 Å². The van der Waals surface area contributed by atoms with E-state index in [-0.39, 0.29) is 0 Å². The first-order chi connectivity index (χ1) is 10.8. The summed E-state index contributed by atoms with van der Waals surface area (Å²) in [6.45, 7) is 4.14. The minimum absolute atomic E-state index is 0.424. The predicted molar refractivity (Wildman–Crippen MR) is 85.1 cm³/mol. The molecular formula is C17H18N5. The highest BCUT2D eigenvalue weighted by Gasteiger charge is 2.25. The molecule has 1 aliphatic rings. The molecule has 5 nitrogen and oxygen atoms in total. The zero-order valence-corrected chi connectivity index (χ0v) is 12.4. The lowest BCUT2D eigenvalue weighted by molar-refractivity contribution is 0.280. The molecule has 5 heteroatoms. The molecule has 22 heavy (non-hydrogen) atoms. The van der Waals surface area contributed by atoms with Crippen LogP contribution in [0.25, 0.3) is 22.1 Å². The molecule has 3 aromatic rings. The molecular weight excluding hydrogens is 274 g/mol. The number of aromatic amines is 1. The summed E-state index contributed by atoms with van der Waals surface area (Å²) >= 11 is 0. The second-order valence-electron chi connectivity index (χ2n) is 6.17. The number of fused-ring (bicyclic) bond motifs is 3. The van der Waals surface area contributed by atoms with E-state index in [4.69, 9.17) is 5.26 Å². The van der Waals surface area contributed by atoms with Gasteiger partial charge in [-0.1, -0.05) is 0 Å². The van der Waals surface area contributed by atoms with Gasteiger partial charge in [-0.2, -0.15) is 5.26 Å². The Morgan fingerprint density at radius 2 is 2.18 bits per heavy atom. The number of nitrogens with zero attached hydrogens (tertiary/aromatic N) is 4. The maximum Gasteiger partial charge on any atom is 0.139 e. The van der Waals surface area contributed by atoms with Gasteiger partial charge in [-0.25, -0.2) is 9.97 Å². The summed E-state index contributed by atoms with van der Waals surface area (Å²) in [4.78, 5) is 12.2. The monoisotopic (exact) mass is 292 g/mol. The van der Waals surface area contributed by atoms with Crippen molar-refractivity contribution in [2.75, 3.05) is 0 Å². The maximum atomic E-state index is 8.86. The standard InChI is InChI=1S/C17H18N5/c1-11-21-15-10-20-17-14(7-9-19-17)16(15)22(11)13-4-2-12(3-5-13)6-8-18/h7,9-10,12-13H,1-6H2,(H,19,20)/t12-,13-. The number of hydrogen-bond donors (Lipinski definition) is 1. The average Bonchev–Trinajstić information content (AvgIpc) is 3.11. The number of rotatable bonds is 2. The van der Waals surface area contributed by atoms with E-state index in [2.05, 4.69) is 38.6 Å². The van der Waals surface area contributed by atoms with Crippen molar-refractivity contribution in [2.45, 2.75) is 38.1 Å². The molecule has 1 radical (unpaired) electrons. The Balaban J connectivity index is 1.77. The molecule has 1 aliphatic carbocycles. The van der Waals surface area contributed by atoms with E-state index in [1.165, 1.54) is 0 Å². The molecule has 1 N–H and O–H groups in total. The number of aromatic nitrogens is 4. The molecule has 3 aromatic heterocycles. The first-order valence-electron chi connectivity index (χ1n) is 7.81. The lowest BCUT2D eigenvalue weighted by atomic mass is 9.84. The topological polar surface area (TPSA) is 70.3 Å². The van der Waals surface area contributed by atoms with Crippen LogP contribution in [0.2, 0.25) is 0 Å². The van der Waals surface area contributed by atoms with E-state index in [1.54, 1.807) is 0 Å². The van der Waals surface area contributed by atoms with Gasteiger partial charge in [-0.15, -0.1) is 0 Å². The van der Waals surface area contributed by atoms with Crippen LogP contribution in [0, 0.1) is 24.2 Å². The lowest BCUT2D eigenvalue weighted by Gasteiger charge is -2.29. The summed E-state index contributed by atoms with van der Waals surface area (Å²) < 4.78 is 2.29. The highest BCUT2D eigenvalue weighted by atomic mass is 15.1. The van der Waals surface area contributed by atoms with Crippen LogP contribution in [0.4, 0.5) is 0 Å². The molecule has 111 valence electrons. The zero-order chi connectivity index (χ0) is 15.1. The molecule has 1 fully saturated rings.